The maximum Gasteiger partial charge on any atom is 0.332 e. The van der Waals surface area contributed by atoms with Crippen molar-refractivity contribution in [2.24, 2.45) is 19.8 Å². The highest BCUT2D eigenvalue weighted by molar-refractivity contribution is 5.92. The molecule has 3 aromatic rings. The number of pyridine rings is 1. The average Bonchev–Trinajstić information content (AvgIpc) is 3.02. The predicted molar refractivity (Wildman–Crippen MR) is 79.3 cm³/mol. The molecule has 22 heavy (non-hydrogen) atoms. The Hall–Kier alpha value is -3.23. The fraction of sp³-hybridized carbons (Fsp3) is 0.154. The van der Waals surface area contributed by atoms with Crippen molar-refractivity contribution in [3.8, 4) is 0 Å². The summed E-state index contributed by atoms with van der Waals surface area (Å²) in [5, 5.41) is 0. The van der Waals surface area contributed by atoms with Crippen molar-refractivity contribution < 1.29 is 4.79 Å². The van der Waals surface area contributed by atoms with Crippen molar-refractivity contribution in [1.82, 2.24) is 24.1 Å². The predicted octanol–water partition coefficient (Wildman–Crippen LogP) is -0.859. The number of nitrogens with zero attached hydrogens (tertiary/aromatic N) is 4. The molecule has 9 nitrogen and oxygen atoms in total. The average molecular weight is 302 g/mol. The van der Waals surface area contributed by atoms with Crippen LogP contribution in [0.15, 0.2) is 40.4 Å². The fourth-order valence-corrected chi connectivity index (χ4v) is 1.78. The number of H-pyrrole nitrogens is 1. The second kappa shape index (κ2) is 6.04. The number of rotatable bonds is 1. The van der Waals surface area contributed by atoms with E-state index < -0.39 is 5.91 Å². The molecule has 3 aromatic heterocycles. The van der Waals surface area contributed by atoms with Crippen LogP contribution in [-0.4, -0.2) is 30.0 Å². The minimum Gasteiger partial charge on any atom is -0.366 e. The Labute approximate surface area is 124 Å². The second-order valence-electron chi connectivity index (χ2n) is 4.41. The van der Waals surface area contributed by atoms with Crippen LogP contribution in [0.25, 0.3) is 11.2 Å². The van der Waals surface area contributed by atoms with Crippen LogP contribution in [0.2, 0.25) is 0 Å². The molecule has 0 aromatic carbocycles. The van der Waals surface area contributed by atoms with E-state index in [1.807, 2.05) is 0 Å². The molecule has 0 radical (unpaired) electrons. The van der Waals surface area contributed by atoms with E-state index in [2.05, 4.69) is 15.0 Å². The first-order valence-electron chi connectivity index (χ1n) is 6.22. The van der Waals surface area contributed by atoms with Crippen LogP contribution < -0.4 is 17.0 Å². The summed E-state index contributed by atoms with van der Waals surface area (Å²) < 4.78 is 2.37. The molecule has 0 saturated heterocycles. The van der Waals surface area contributed by atoms with Gasteiger partial charge < -0.3 is 10.7 Å². The fourth-order valence-electron chi connectivity index (χ4n) is 1.78. The Morgan fingerprint density at radius 3 is 2.55 bits per heavy atom. The Bertz CT molecular complexity index is 922. The van der Waals surface area contributed by atoms with Crippen molar-refractivity contribution in [2.75, 3.05) is 0 Å². The third-order valence-electron chi connectivity index (χ3n) is 2.98. The molecule has 0 bridgehead atoms. The Balaban J connectivity index is 0.000000172. The summed E-state index contributed by atoms with van der Waals surface area (Å²) in [6.45, 7) is 0. The molecule has 0 saturated carbocycles. The zero-order chi connectivity index (χ0) is 16.3. The second-order valence-corrected chi connectivity index (χ2v) is 4.41. The Morgan fingerprint density at radius 2 is 2.00 bits per heavy atom. The number of carbonyl (C=O) groups is 1. The number of hydrogen-bond donors (Lipinski definition) is 2. The standard InChI is InChI=1S/C7H8N4O2.C6H6N2O/c1-10-5-4(8-3-9-5)6(12)11(2)7(10)13;7-6(9)5-2-1-3-8-4-5/h3H,1-2H3,(H,8,9);1-4H,(H2,7,9). The summed E-state index contributed by atoms with van der Waals surface area (Å²) in [4.78, 5) is 43.5. The monoisotopic (exact) mass is 302 g/mol. The number of aryl methyl sites for hydroxylation is 1. The highest BCUT2D eigenvalue weighted by atomic mass is 16.2. The number of amides is 1. The number of nitrogens with two attached hydrogens (primary N) is 1. The highest BCUT2D eigenvalue weighted by Crippen LogP contribution is 1.97. The van der Waals surface area contributed by atoms with Crippen LogP contribution in [-0.2, 0) is 14.1 Å². The van der Waals surface area contributed by atoms with Crippen molar-refractivity contribution in [3.63, 3.8) is 0 Å². The number of hydrogen-bond acceptors (Lipinski definition) is 5. The summed E-state index contributed by atoms with van der Waals surface area (Å²) >= 11 is 0. The number of aromatic nitrogens is 5. The Morgan fingerprint density at radius 1 is 1.27 bits per heavy atom. The Kier molecular flexibility index (Phi) is 4.16. The van der Waals surface area contributed by atoms with Crippen LogP contribution in [0, 0.1) is 0 Å². The number of primary amides is 1. The summed E-state index contributed by atoms with van der Waals surface area (Å²) in [5.41, 5.74) is 5.39. The van der Waals surface area contributed by atoms with Crippen LogP contribution >= 0.6 is 0 Å². The molecule has 114 valence electrons. The first kappa shape index (κ1) is 15.2. The summed E-state index contributed by atoms with van der Waals surface area (Å²) in [6.07, 6.45) is 4.42. The number of fused-ring (bicyclic) bond motifs is 1. The van der Waals surface area contributed by atoms with Gasteiger partial charge in [0.2, 0.25) is 5.91 Å². The van der Waals surface area contributed by atoms with Gasteiger partial charge in [-0.25, -0.2) is 9.78 Å². The minimum atomic E-state index is -0.442. The number of aromatic amines is 1. The van der Waals surface area contributed by atoms with Gasteiger partial charge in [-0.3, -0.25) is 23.7 Å². The maximum absolute atomic E-state index is 11.4. The van der Waals surface area contributed by atoms with Gasteiger partial charge in [-0.2, -0.15) is 0 Å². The molecule has 3 rings (SSSR count). The molecule has 3 N–H and O–H groups in total. The summed E-state index contributed by atoms with van der Waals surface area (Å²) in [6, 6.07) is 3.29. The lowest BCUT2D eigenvalue weighted by molar-refractivity contribution is 0.1000. The zero-order valence-corrected chi connectivity index (χ0v) is 12.0. The highest BCUT2D eigenvalue weighted by Gasteiger charge is 2.08. The molecule has 0 atom stereocenters. The van der Waals surface area contributed by atoms with Gasteiger partial charge in [-0.1, -0.05) is 0 Å². The van der Waals surface area contributed by atoms with Crippen molar-refractivity contribution in [2.45, 2.75) is 0 Å². The van der Waals surface area contributed by atoms with Gasteiger partial charge in [0.1, 0.15) is 5.52 Å². The van der Waals surface area contributed by atoms with Crippen molar-refractivity contribution in [3.05, 3.63) is 57.3 Å². The molecule has 0 spiro atoms. The van der Waals surface area contributed by atoms with E-state index in [9.17, 15) is 14.4 Å². The van der Waals surface area contributed by atoms with E-state index in [4.69, 9.17) is 5.73 Å². The van der Waals surface area contributed by atoms with Gasteiger partial charge >= 0.3 is 5.69 Å². The molecule has 1 amide bonds. The smallest absolute Gasteiger partial charge is 0.332 e. The van der Waals surface area contributed by atoms with Crippen LogP contribution in [0.3, 0.4) is 0 Å². The minimum absolute atomic E-state index is 0.351. The normalized spacial score (nSPS) is 10.1. The quantitative estimate of drug-likeness (QED) is 0.604. The third kappa shape index (κ3) is 2.77. The first-order chi connectivity index (χ1) is 10.4. The lowest BCUT2D eigenvalue weighted by Gasteiger charge is -2.00. The van der Waals surface area contributed by atoms with Crippen LogP contribution in [0.1, 0.15) is 10.4 Å². The molecule has 0 aliphatic heterocycles. The van der Waals surface area contributed by atoms with Gasteiger partial charge in [0.15, 0.2) is 5.65 Å². The molecule has 0 aliphatic rings. The largest absolute Gasteiger partial charge is 0.366 e. The van der Waals surface area contributed by atoms with Gasteiger partial charge in [0.25, 0.3) is 5.56 Å². The SMILES string of the molecule is Cn1c(=O)c2[nH]cnc2n(C)c1=O.NC(=O)c1cccnc1. The van der Waals surface area contributed by atoms with E-state index in [1.165, 1.54) is 24.1 Å². The van der Waals surface area contributed by atoms with E-state index in [0.717, 1.165) is 4.57 Å². The van der Waals surface area contributed by atoms with Crippen LogP contribution in [0.4, 0.5) is 0 Å². The topological polar surface area (TPSA) is 129 Å². The lowest BCUT2D eigenvalue weighted by atomic mass is 10.3. The van der Waals surface area contributed by atoms with Gasteiger partial charge in [0.05, 0.1) is 11.9 Å². The molecule has 9 heteroatoms. The van der Waals surface area contributed by atoms with E-state index in [1.54, 1.807) is 25.4 Å². The third-order valence-corrected chi connectivity index (χ3v) is 2.98. The molecular formula is C13H14N6O3. The van der Waals surface area contributed by atoms with Gasteiger partial charge in [0, 0.05) is 26.5 Å². The molecule has 0 fully saturated rings. The number of nitrogens with one attached hydrogen (secondary N) is 1. The molecule has 3 heterocycles. The molecule has 0 aliphatic carbocycles. The maximum atomic E-state index is 11.4. The van der Waals surface area contributed by atoms with Gasteiger partial charge in [-0.15, -0.1) is 0 Å². The summed E-state index contributed by atoms with van der Waals surface area (Å²) in [5.74, 6) is -0.442. The van der Waals surface area contributed by atoms with E-state index in [0.29, 0.717) is 16.7 Å². The van der Waals surface area contributed by atoms with Crippen LogP contribution in [0.5, 0.6) is 0 Å². The lowest BCUT2D eigenvalue weighted by Crippen LogP contribution is -2.36. The van der Waals surface area contributed by atoms with E-state index in [-0.39, 0.29) is 11.2 Å². The molecular weight excluding hydrogens is 288 g/mol. The number of carbonyl (C=O) groups excluding carboxylic acids is 1. The molecule has 0 unspecified atom stereocenters. The first-order valence-corrected chi connectivity index (χ1v) is 6.22. The summed E-state index contributed by atoms with van der Waals surface area (Å²) in [7, 11) is 3.01. The van der Waals surface area contributed by atoms with Crippen molar-refractivity contribution >= 4 is 17.1 Å². The zero-order valence-electron chi connectivity index (χ0n) is 12.0. The van der Waals surface area contributed by atoms with Crippen molar-refractivity contribution in [1.29, 1.82) is 0 Å². The van der Waals surface area contributed by atoms with Gasteiger partial charge in [-0.05, 0) is 12.1 Å². The number of imidazole rings is 1. The van der Waals surface area contributed by atoms with E-state index >= 15 is 0 Å².